The third-order valence-corrected chi connectivity index (χ3v) is 4.98. The molecule has 4 nitrogen and oxygen atoms in total. The molecule has 23 heavy (non-hydrogen) atoms. The fourth-order valence-corrected chi connectivity index (χ4v) is 3.57. The van der Waals surface area contributed by atoms with Crippen LogP contribution in [-0.4, -0.2) is 25.3 Å². The highest BCUT2D eigenvalue weighted by Gasteiger charge is 2.23. The molecule has 0 N–H and O–H groups in total. The van der Waals surface area contributed by atoms with Gasteiger partial charge in [-0.25, -0.2) is 0 Å². The van der Waals surface area contributed by atoms with E-state index in [-0.39, 0.29) is 24.5 Å². The predicted octanol–water partition coefficient (Wildman–Crippen LogP) is 3.70. The van der Waals surface area contributed by atoms with Crippen LogP contribution in [0.15, 0.2) is 35.7 Å². The Morgan fingerprint density at radius 2 is 2.13 bits per heavy atom. The van der Waals surface area contributed by atoms with Crippen molar-refractivity contribution in [1.29, 1.82) is 0 Å². The van der Waals surface area contributed by atoms with Gasteiger partial charge >= 0.3 is 0 Å². The molecular formula is C18H19NO3S. The zero-order valence-corrected chi connectivity index (χ0v) is 13.9. The number of methoxy groups -OCH3 is 1. The molecule has 0 unspecified atom stereocenters. The lowest BCUT2D eigenvalue weighted by molar-refractivity contribution is -0.118. The minimum Gasteiger partial charge on any atom is -0.497 e. The number of nitrogens with zero attached hydrogens (tertiary/aromatic N) is 1. The predicted molar refractivity (Wildman–Crippen MR) is 91.6 cm³/mol. The molecule has 0 aliphatic carbocycles. The minimum absolute atomic E-state index is 0.0148. The fraction of sp³-hybridized carbons (Fsp3) is 0.333. The summed E-state index contributed by atoms with van der Waals surface area (Å²) in [7, 11) is 1.64. The van der Waals surface area contributed by atoms with Crippen LogP contribution in [0.5, 0.6) is 5.75 Å². The van der Waals surface area contributed by atoms with Gasteiger partial charge in [0.2, 0.25) is 5.91 Å². The van der Waals surface area contributed by atoms with E-state index in [0.717, 1.165) is 34.7 Å². The second-order valence-electron chi connectivity index (χ2n) is 5.54. The summed E-state index contributed by atoms with van der Waals surface area (Å²) in [6.07, 6.45) is 2.40. The van der Waals surface area contributed by atoms with Crippen molar-refractivity contribution in [3.63, 3.8) is 0 Å². The smallest absolute Gasteiger partial charge is 0.227 e. The quantitative estimate of drug-likeness (QED) is 0.786. The highest BCUT2D eigenvalue weighted by atomic mass is 32.1. The first-order valence-electron chi connectivity index (χ1n) is 7.73. The van der Waals surface area contributed by atoms with Crippen molar-refractivity contribution in [2.75, 3.05) is 18.6 Å². The van der Waals surface area contributed by atoms with Crippen LogP contribution in [0, 0.1) is 0 Å². The number of Topliss-reactive ketones (excluding diaryl/α,β-unsaturated/α-hetero) is 1. The molecule has 0 saturated heterocycles. The number of fused-ring (bicyclic) bond motifs is 1. The van der Waals surface area contributed by atoms with E-state index in [0.29, 0.717) is 6.54 Å². The number of thiophene rings is 1. The number of amides is 1. The number of carbonyl (C=O) groups excluding carboxylic acids is 2. The Balaban J connectivity index is 1.68. The van der Waals surface area contributed by atoms with Gasteiger partial charge in [-0.3, -0.25) is 9.59 Å². The topological polar surface area (TPSA) is 46.6 Å². The molecule has 120 valence electrons. The van der Waals surface area contributed by atoms with E-state index in [1.165, 1.54) is 11.3 Å². The van der Waals surface area contributed by atoms with Crippen molar-refractivity contribution in [1.82, 2.24) is 0 Å². The number of benzene rings is 1. The first-order valence-corrected chi connectivity index (χ1v) is 8.61. The summed E-state index contributed by atoms with van der Waals surface area (Å²) in [6, 6.07) is 9.47. The second kappa shape index (κ2) is 6.96. The van der Waals surface area contributed by atoms with Crippen LogP contribution in [0.3, 0.4) is 0 Å². The third kappa shape index (κ3) is 3.45. The molecule has 0 bridgehead atoms. The molecule has 2 aromatic rings. The molecule has 5 heteroatoms. The standard InChI is InChI=1S/C18H19NO3S/c1-22-14-6-7-15-13(12-14)4-2-10-19(15)18(21)9-8-16(20)17-5-3-11-23-17/h3,5-7,11-12H,2,4,8-10H2,1H3. The van der Waals surface area contributed by atoms with E-state index < -0.39 is 0 Å². The molecule has 1 aromatic carbocycles. The average Bonchev–Trinajstić information content (AvgIpc) is 3.13. The van der Waals surface area contributed by atoms with Crippen molar-refractivity contribution in [2.45, 2.75) is 25.7 Å². The van der Waals surface area contributed by atoms with E-state index in [9.17, 15) is 9.59 Å². The summed E-state index contributed by atoms with van der Waals surface area (Å²) >= 11 is 1.42. The molecule has 0 spiro atoms. The Morgan fingerprint density at radius 1 is 1.26 bits per heavy atom. The van der Waals surface area contributed by atoms with Crippen molar-refractivity contribution in [2.24, 2.45) is 0 Å². The Bertz CT molecular complexity index is 709. The van der Waals surface area contributed by atoms with Gasteiger partial charge in [0, 0.05) is 25.1 Å². The van der Waals surface area contributed by atoms with Gasteiger partial charge in [-0.15, -0.1) is 11.3 Å². The molecular weight excluding hydrogens is 310 g/mol. The van der Waals surface area contributed by atoms with Crippen molar-refractivity contribution in [3.05, 3.63) is 46.2 Å². The van der Waals surface area contributed by atoms with E-state index in [2.05, 4.69) is 0 Å². The Hall–Kier alpha value is -2.14. The summed E-state index contributed by atoms with van der Waals surface area (Å²) in [5, 5.41) is 1.88. The monoisotopic (exact) mass is 329 g/mol. The summed E-state index contributed by atoms with van der Waals surface area (Å²) in [5.41, 5.74) is 2.08. The number of hydrogen-bond donors (Lipinski definition) is 0. The number of ether oxygens (including phenoxy) is 1. The zero-order valence-electron chi connectivity index (χ0n) is 13.1. The van der Waals surface area contributed by atoms with Gasteiger partial charge in [0.05, 0.1) is 12.0 Å². The summed E-state index contributed by atoms with van der Waals surface area (Å²) < 4.78 is 5.25. The van der Waals surface area contributed by atoms with Gasteiger partial charge in [-0.1, -0.05) is 6.07 Å². The normalized spacial score (nSPS) is 13.5. The molecule has 0 saturated carbocycles. The Kier molecular flexibility index (Phi) is 4.76. The van der Waals surface area contributed by atoms with Gasteiger partial charge in [-0.2, -0.15) is 0 Å². The van der Waals surface area contributed by atoms with Crippen LogP contribution >= 0.6 is 11.3 Å². The highest BCUT2D eigenvalue weighted by molar-refractivity contribution is 7.12. The molecule has 1 aliphatic rings. The van der Waals surface area contributed by atoms with Crippen molar-refractivity contribution < 1.29 is 14.3 Å². The molecule has 1 amide bonds. The molecule has 1 aromatic heterocycles. The van der Waals surface area contributed by atoms with Crippen molar-refractivity contribution >= 4 is 28.7 Å². The first-order chi connectivity index (χ1) is 11.2. The van der Waals surface area contributed by atoms with Gasteiger partial charge in [0.25, 0.3) is 0 Å². The summed E-state index contributed by atoms with van der Waals surface area (Å²) in [6.45, 7) is 0.714. The minimum atomic E-state index is 0.0148. The molecule has 0 atom stereocenters. The van der Waals surface area contributed by atoms with Crippen LogP contribution in [0.1, 0.15) is 34.5 Å². The van der Waals surface area contributed by atoms with E-state index in [1.54, 1.807) is 18.1 Å². The van der Waals surface area contributed by atoms with Crippen LogP contribution < -0.4 is 9.64 Å². The van der Waals surface area contributed by atoms with Gasteiger partial charge in [0.1, 0.15) is 5.75 Å². The number of rotatable bonds is 5. The molecule has 0 radical (unpaired) electrons. The maximum absolute atomic E-state index is 12.5. The summed E-state index contributed by atoms with van der Waals surface area (Å²) in [4.78, 5) is 27.1. The zero-order chi connectivity index (χ0) is 16.2. The third-order valence-electron chi connectivity index (χ3n) is 4.07. The lowest BCUT2D eigenvalue weighted by atomic mass is 10.0. The van der Waals surface area contributed by atoms with E-state index >= 15 is 0 Å². The SMILES string of the molecule is COc1ccc2c(c1)CCCN2C(=O)CCC(=O)c1cccs1. The molecule has 3 rings (SSSR count). The maximum atomic E-state index is 12.5. The van der Waals surface area contributed by atoms with E-state index in [1.807, 2.05) is 29.6 Å². The largest absolute Gasteiger partial charge is 0.497 e. The first kappa shape index (κ1) is 15.7. The Morgan fingerprint density at radius 3 is 2.87 bits per heavy atom. The number of ketones is 1. The lowest BCUT2D eigenvalue weighted by Crippen LogP contribution is -2.35. The molecule has 0 fully saturated rings. The Labute approximate surface area is 139 Å². The number of hydrogen-bond acceptors (Lipinski definition) is 4. The fourth-order valence-electron chi connectivity index (χ4n) is 2.88. The van der Waals surface area contributed by atoms with Gasteiger partial charge in [-0.05, 0) is 48.1 Å². The van der Waals surface area contributed by atoms with Crippen LogP contribution in [0.2, 0.25) is 0 Å². The van der Waals surface area contributed by atoms with Crippen molar-refractivity contribution in [3.8, 4) is 5.75 Å². The summed E-state index contributed by atoms with van der Waals surface area (Å²) in [5.74, 6) is 0.868. The molecule has 2 heterocycles. The van der Waals surface area contributed by atoms with Crippen LogP contribution in [-0.2, 0) is 11.2 Å². The number of carbonyl (C=O) groups is 2. The highest BCUT2D eigenvalue weighted by Crippen LogP contribution is 2.31. The molecule has 1 aliphatic heterocycles. The van der Waals surface area contributed by atoms with E-state index in [4.69, 9.17) is 4.74 Å². The number of anilines is 1. The van der Waals surface area contributed by atoms with Crippen LogP contribution in [0.25, 0.3) is 0 Å². The number of aryl methyl sites for hydroxylation is 1. The average molecular weight is 329 g/mol. The van der Waals surface area contributed by atoms with Gasteiger partial charge in [0.15, 0.2) is 5.78 Å². The lowest BCUT2D eigenvalue weighted by Gasteiger charge is -2.29. The van der Waals surface area contributed by atoms with Crippen LogP contribution in [0.4, 0.5) is 5.69 Å². The van der Waals surface area contributed by atoms with Gasteiger partial charge < -0.3 is 9.64 Å². The second-order valence-corrected chi connectivity index (χ2v) is 6.49. The maximum Gasteiger partial charge on any atom is 0.227 e.